The van der Waals surface area contributed by atoms with Crippen LogP contribution in [0.4, 0.5) is 0 Å². The van der Waals surface area contributed by atoms with Crippen molar-refractivity contribution in [3.05, 3.63) is 0 Å². The molecule has 2 unspecified atom stereocenters. The number of hydrogen-bond acceptors (Lipinski definition) is 3. The van der Waals surface area contributed by atoms with Crippen molar-refractivity contribution in [3.63, 3.8) is 0 Å². The van der Waals surface area contributed by atoms with Gasteiger partial charge in [0.1, 0.15) is 0 Å². The molecule has 114 valence electrons. The summed E-state index contributed by atoms with van der Waals surface area (Å²) in [5.74, 6) is 0.397. The maximum absolute atomic E-state index is 12.6. The Hall–Kier alpha value is -1.10. The molecule has 0 spiro atoms. The molecule has 2 fully saturated rings. The molecule has 0 aromatic heterocycles. The van der Waals surface area contributed by atoms with Gasteiger partial charge in [-0.05, 0) is 19.3 Å². The van der Waals surface area contributed by atoms with Crippen molar-refractivity contribution in [2.24, 2.45) is 11.7 Å². The van der Waals surface area contributed by atoms with E-state index < -0.39 is 0 Å². The molecule has 2 atom stereocenters. The number of nitrogens with zero attached hydrogens (tertiary/aromatic N) is 2. The smallest absolute Gasteiger partial charge is 0.227 e. The van der Waals surface area contributed by atoms with Crippen LogP contribution in [0.2, 0.25) is 0 Å². The van der Waals surface area contributed by atoms with Gasteiger partial charge in [-0.3, -0.25) is 9.59 Å². The molecular formula is C15H27N3O2. The molecule has 0 aromatic rings. The Labute approximate surface area is 121 Å². The molecule has 2 rings (SSSR count). The van der Waals surface area contributed by atoms with Crippen molar-refractivity contribution in [1.82, 2.24) is 9.80 Å². The number of nitrogens with two attached hydrogens (primary N) is 1. The van der Waals surface area contributed by atoms with Gasteiger partial charge in [-0.15, -0.1) is 0 Å². The zero-order valence-corrected chi connectivity index (χ0v) is 12.5. The van der Waals surface area contributed by atoms with Crippen LogP contribution >= 0.6 is 0 Å². The highest BCUT2D eigenvalue weighted by Crippen LogP contribution is 2.25. The average molecular weight is 281 g/mol. The Morgan fingerprint density at radius 2 is 1.65 bits per heavy atom. The maximum atomic E-state index is 12.6. The highest BCUT2D eigenvalue weighted by atomic mass is 16.2. The number of hydrogen-bond donors (Lipinski definition) is 1. The van der Waals surface area contributed by atoms with Gasteiger partial charge in [0.15, 0.2) is 0 Å². The minimum atomic E-state index is -0.00261. The Balaban J connectivity index is 1.92. The number of rotatable bonds is 2. The summed E-state index contributed by atoms with van der Waals surface area (Å²) in [4.78, 5) is 28.2. The minimum absolute atomic E-state index is 0.00261. The average Bonchev–Trinajstić information content (AvgIpc) is 2.72. The third-order valence-electron chi connectivity index (χ3n) is 4.60. The van der Waals surface area contributed by atoms with Crippen LogP contribution < -0.4 is 5.73 Å². The van der Waals surface area contributed by atoms with E-state index in [1.165, 1.54) is 0 Å². The van der Waals surface area contributed by atoms with E-state index in [-0.39, 0.29) is 23.8 Å². The molecule has 1 aliphatic heterocycles. The van der Waals surface area contributed by atoms with Gasteiger partial charge in [-0.1, -0.05) is 19.8 Å². The quantitative estimate of drug-likeness (QED) is 0.820. The summed E-state index contributed by atoms with van der Waals surface area (Å²) in [6.07, 6.45) is 5.56. The van der Waals surface area contributed by atoms with E-state index >= 15 is 0 Å². The van der Waals surface area contributed by atoms with Crippen LogP contribution in [0.25, 0.3) is 0 Å². The van der Waals surface area contributed by atoms with Crippen molar-refractivity contribution in [2.75, 3.05) is 26.2 Å². The van der Waals surface area contributed by atoms with Crippen LogP contribution in [0.3, 0.4) is 0 Å². The van der Waals surface area contributed by atoms with Crippen LogP contribution in [0.1, 0.15) is 45.4 Å². The third kappa shape index (κ3) is 3.51. The minimum Gasteiger partial charge on any atom is -0.341 e. The molecule has 0 radical (unpaired) electrons. The van der Waals surface area contributed by atoms with Gasteiger partial charge in [0.05, 0.1) is 5.92 Å². The fourth-order valence-corrected chi connectivity index (χ4v) is 3.31. The van der Waals surface area contributed by atoms with Gasteiger partial charge in [0, 0.05) is 38.6 Å². The lowest BCUT2D eigenvalue weighted by atomic mass is 9.84. The van der Waals surface area contributed by atoms with E-state index in [1.54, 1.807) is 0 Å². The summed E-state index contributed by atoms with van der Waals surface area (Å²) in [6.45, 7) is 4.74. The lowest BCUT2D eigenvalue weighted by Gasteiger charge is -2.32. The number of carbonyl (C=O) groups is 2. The van der Waals surface area contributed by atoms with Crippen molar-refractivity contribution in [3.8, 4) is 0 Å². The molecule has 1 saturated heterocycles. The Morgan fingerprint density at radius 3 is 2.35 bits per heavy atom. The lowest BCUT2D eigenvalue weighted by Crippen LogP contribution is -2.47. The van der Waals surface area contributed by atoms with E-state index in [1.807, 2.05) is 16.7 Å². The second-order valence-corrected chi connectivity index (χ2v) is 5.97. The monoisotopic (exact) mass is 281 g/mol. The fraction of sp³-hybridized carbons (Fsp3) is 0.867. The fourth-order valence-electron chi connectivity index (χ4n) is 3.31. The summed E-state index contributed by atoms with van der Waals surface area (Å²) < 4.78 is 0. The van der Waals surface area contributed by atoms with Gasteiger partial charge in [0.25, 0.3) is 0 Å². The van der Waals surface area contributed by atoms with E-state index in [2.05, 4.69) is 0 Å². The van der Waals surface area contributed by atoms with Crippen molar-refractivity contribution >= 4 is 11.8 Å². The standard InChI is InChI=1S/C15H27N3O2/c1-2-14(19)17-8-5-9-18(11-10-17)15(20)12-6-3-4-7-13(12)16/h12-13H,2-11,16H2,1H3. The van der Waals surface area contributed by atoms with Crippen LogP contribution in [0.15, 0.2) is 0 Å². The molecule has 5 nitrogen and oxygen atoms in total. The van der Waals surface area contributed by atoms with E-state index in [9.17, 15) is 9.59 Å². The zero-order chi connectivity index (χ0) is 14.5. The van der Waals surface area contributed by atoms with Gasteiger partial charge in [-0.25, -0.2) is 0 Å². The van der Waals surface area contributed by atoms with E-state index in [0.717, 1.165) is 45.2 Å². The first-order valence-electron chi connectivity index (χ1n) is 7.95. The SMILES string of the molecule is CCC(=O)N1CCCN(C(=O)C2CCCCC2N)CC1. The lowest BCUT2D eigenvalue weighted by molar-refractivity contribution is -0.137. The van der Waals surface area contributed by atoms with Gasteiger partial charge in [-0.2, -0.15) is 0 Å². The maximum Gasteiger partial charge on any atom is 0.227 e. The normalized spacial score (nSPS) is 28.1. The number of carbonyl (C=O) groups excluding carboxylic acids is 2. The summed E-state index contributed by atoms with van der Waals surface area (Å²) >= 11 is 0. The van der Waals surface area contributed by atoms with Gasteiger partial charge >= 0.3 is 0 Å². The summed E-state index contributed by atoms with van der Waals surface area (Å²) in [5, 5.41) is 0. The summed E-state index contributed by atoms with van der Waals surface area (Å²) in [7, 11) is 0. The molecule has 0 bridgehead atoms. The van der Waals surface area contributed by atoms with Crippen LogP contribution in [0.5, 0.6) is 0 Å². The van der Waals surface area contributed by atoms with Crippen molar-refractivity contribution in [2.45, 2.75) is 51.5 Å². The first kappa shape index (κ1) is 15.3. The van der Waals surface area contributed by atoms with E-state index in [4.69, 9.17) is 5.73 Å². The van der Waals surface area contributed by atoms with Crippen molar-refractivity contribution in [1.29, 1.82) is 0 Å². The van der Waals surface area contributed by atoms with Crippen molar-refractivity contribution < 1.29 is 9.59 Å². The van der Waals surface area contributed by atoms with Crippen LogP contribution in [-0.2, 0) is 9.59 Å². The highest BCUT2D eigenvalue weighted by molar-refractivity contribution is 5.80. The van der Waals surface area contributed by atoms with E-state index in [0.29, 0.717) is 19.5 Å². The first-order chi connectivity index (χ1) is 9.63. The topological polar surface area (TPSA) is 66.6 Å². The molecule has 20 heavy (non-hydrogen) atoms. The Bertz CT molecular complexity index is 359. The molecule has 0 aromatic carbocycles. The predicted octanol–water partition coefficient (Wildman–Crippen LogP) is 0.975. The molecule has 2 N–H and O–H groups in total. The third-order valence-corrected chi connectivity index (χ3v) is 4.60. The zero-order valence-electron chi connectivity index (χ0n) is 12.5. The molecule has 1 heterocycles. The second-order valence-electron chi connectivity index (χ2n) is 5.97. The summed E-state index contributed by atoms with van der Waals surface area (Å²) in [5.41, 5.74) is 6.11. The van der Waals surface area contributed by atoms with Gasteiger partial charge < -0.3 is 15.5 Å². The number of amides is 2. The molecule has 1 aliphatic carbocycles. The van der Waals surface area contributed by atoms with Crippen LogP contribution in [-0.4, -0.2) is 53.8 Å². The Morgan fingerprint density at radius 1 is 1.00 bits per heavy atom. The molecule has 5 heteroatoms. The molecular weight excluding hydrogens is 254 g/mol. The molecule has 1 saturated carbocycles. The Kier molecular flexibility index (Phi) is 5.40. The molecule has 2 aliphatic rings. The first-order valence-corrected chi connectivity index (χ1v) is 7.95. The van der Waals surface area contributed by atoms with Gasteiger partial charge in [0.2, 0.25) is 11.8 Å². The summed E-state index contributed by atoms with van der Waals surface area (Å²) in [6, 6.07) is 0.0212. The highest BCUT2D eigenvalue weighted by Gasteiger charge is 2.32. The largest absolute Gasteiger partial charge is 0.341 e. The predicted molar refractivity (Wildman–Crippen MR) is 78.0 cm³/mol. The second kappa shape index (κ2) is 7.07. The van der Waals surface area contributed by atoms with Crippen LogP contribution in [0, 0.1) is 5.92 Å². The molecule has 2 amide bonds.